The van der Waals surface area contributed by atoms with Gasteiger partial charge in [0.15, 0.2) is 5.58 Å². The van der Waals surface area contributed by atoms with Crippen LogP contribution in [0.25, 0.3) is 22.2 Å². The molecule has 0 N–H and O–H groups in total. The van der Waals surface area contributed by atoms with E-state index in [0.29, 0.717) is 27.8 Å². The van der Waals surface area contributed by atoms with Crippen LogP contribution in [0.4, 0.5) is 13.2 Å². The molecule has 0 spiro atoms. The maximum absolute atomic E-state index is 12.4. The van der Waals surface area contributed by atoms with Crippen molar-refractivity contribution in [1.29, 1.82) is 0 Å². The van der Waals surface area contributed by atoms with Crippen molar-refractivity contribution in [3.05, 3.63) is 52.8 Å². The molecule has 26 heavy (non-hydrogen) atoms. The summed E-state index contributed by atoms with van der Waals surface area (Å²) < 4.78 is 66.0. The van der Waals surface area contributed by atoms with Crippen molar-refractivity contribution in [2.24, 2.45) is 7.05 Å². The van der Waals surface area contributed by atoms with E-state index >= 15 is 0 Å². The van der Waals surface area contributed by atoms with Crippen molar-refractivity contribution in [3.8, 4) is 11.1 Å². The van der Waals surface area contributed by atoms with E-state index in [-0.39, 0.29) is 6.42 Å². The number of hydrogen-bond donors (Lipinski definition) is 0. The van der Waals surface area contributed by atoms with E-state index in [4.69, 9.17) is 4.42 Å². The van der Waals surface area contributed by atoms with Crippen LogP contribution in [0.1, 0.15) is 5.56 Å². The van der Waals surface area contributed by atoms with Gasteiger partial charge in [-0.15, -0.1) is 0 Å². The molecule has 0 unspecified atom stereocenters. The molecule has 0 aliphatic heterocycles. The van der Waals surface area contributed by atoms with E-state index in [0.717, 1.165) is 0 Å². The number of nitrogens with zero attached hydrogens (tertiary/aromatic N) is 2. The number of pyridine rings is 1. The normalized spacial score (nSPS) is 12.6. The summed E-state index contributed by atoms with van der Waals surface area (Å²) in [6.45, 7) is 0. The number of fused-ring (bicyclic) bond motifs is 1. The fraction of sp³-hybridized carbons (Fsp3) is 0.250. The number of hydrogen-bond acceptors (Lipinski definition) is 5. The molecule has 0 bridgehead atoms. The predicted molar refractivity (Wildman–Crippen MR) is 88.2 cm³/mol. The second kappa shape index (κ2) is 6.27. The quantitative estimate of drug-likeness (QED) is 0.689. The Balaban J connectivity index is 1.90. The number of halogens is 3. The van der Waals surface area contributed by atoms with Crippen LogP contribution in [0, 0.1) is 0 Å². The third kappa shape index (κ3) is 3.36. The lowest BCUT2D eigenvalue weighted by atomic mass is 10.0. The largest absolute Gasteiger partial charge is 0.497 e. The maximum Gasteiger partial charge on any atom is 0.497 e. The van der Waals surface area contributed by atoms with Gasteiger partial charge in [0.25, 0.3) is 0 Å². The van der Waals surface area contributed by atoms with Gasteiger partial charge in [0.2, 0.25) is 9.84 Å². The standard InChI is InChI=1S/C16H13F3N2O4S/c1-21-13-7-11(2-3-14(13)25-15(21)22)12-6-10(8-20-9-12)4-5-26(23,24)16(17,18)19/h2-3,6-9H,4-5H2,1H3. The molecule has 2 aromatic heterocycles. The topological polar surface area (TPSA) is 82.2 Å². The fourth-order valence-corrected chi connectivity index (χ4v) is 3.19. The monoisotopic (exact) mass is 386 g/mol. The van der Waals surface area contributed by atoms with Crippen LogP contribution < -0.4 is 5.76 Å². The Morgan fingerprint density at radius 1 is 1.15 bits per heavy atom. The molecule has 0 aliphatic carbocycles. The van der Waals surface area contributed by atoms with Crippen molar-refractivity contribution in [2.45, 2.75) is 11.9 Å². The van der Waals surface area contributed by atoms with E-state index in [1.165, 1.54) is 17.0 Å². The van der Waals surface area contributed by atoms with Gasteiger partial charge in [-0.2, -0.15) is 13.2 Å². The molecule has 10 heteroatoms. The van der Waals surface area contributed by atoms with E-state index in [9.17, 15) is 26.4 Å². The van der Waals surface area contributed by atoms with Crippen molar-refractivity contribution in [3.63, 3.8) is 0 Å². The van der Waals surface area contributed by atoms with Crippen molar-refractivity contribution in [1.82, 2.24) is 9.55 Å². The molecule has 0 saturated heterocycles. The summed E-state index contributed by atoms with van der Waals surface area (Å²) in [6.07, 6.45) is 2.51. The maximum atomic E-state index is 12.4. The van der Waals surface area contributed by atoms with Crippen LogP contribution in [-0.4, -0.2) is 29.2 Å². The first-order valence-electron chi connectivity index (χ1n) is 7.41. The molecular weight excluding hydrogens is 373 g/mol. The zero-order chi connectivity index (χ0) is 19.1. The molecule has 3 rings (SSSR count). The molecule has 1 aromatic carbocycles. The van der Waals surface area contributed by atoms with Crippen LogP contribution in [0.5, 0.6) is 0 Å². The van der Waals surface area contributed by atoms with Crippen molar-refractivity contribution < 1.29 is 26.0 Å². The molecule has 0 aliphatic rings. The predicted octanol–water partition coefficient (Wildman–Crippen LogP) is 2.67. The van der Waals surface area contributed by atoms with Crippen LogP contribution in [0.3, 0.4) is 0 Å². The number of rotatable bonds is 4. The smallest absolute Gasteiger partial charge is 0.408 e. The van der Waals surface area contributed by atoms with Gasteiger partial charge in [-0.3, -0.25) is 9.55 Å². The lowest BCUT2D eigenvalue weighted by Crippen LogP contribution is -2.27. The number of oxazole rings is 1. The zero-order valence-corrected chi connectivity index (χ0v) is 14.3. The molecular formula is C16H13F3N2O4S. The van der Waals surface area contributed by atoms with Gasteiger partial charge in [0.1, 0.15) is 0 Å². The Kier molecular flexibility index (Phi) is 4.39. The SMILES string of the molecule is Cn1c(=O)oc2ccc(-c3cncc(CCS(=O)(=O)C(F)(F)F)c3)cc21. The summed E-state index contributed by atoms with van der Waals surface area (Å²) in [6, 6.07) is 6.54. The molecule has 2 heterocycles. The molecule has 138 valence electrons. The Bertz CT molecular complexity index is 1130. The molecule has 0 amide bonds. The van der Waals surface area contributed by atoms with Crippen LogP contribution in [-0.2, 0) is 23.3 Å². The average molecular weight is 386 g/mol. The van der Waals surface area contributed by atoms with Crippen molar-refractivity contribution >= 4 is 20.9 Å². The van der Waals surface area contributed by atoms with E-state index < -0.39 is 26.9 Å². The Hall–Kier alpha value is -2.62. The number of sulfone groups is 1. The third-order valence-electron chi connectivity index (χ3n) is 3.93. The van der Waals surface area contributed by atoms with E-state index in [1.54, 1.807) is 31.3 Å². The minimum atomic E-state index is -5.27. The van der Waals surface area contributed by atoms with Gasteiger partial charge < -0.3 is 4.42 Å². The van der Waals surface area contributed by atoms with E-state index in [1.807, 2.05) is 0 Å². The van der Waals surface area contributed by atoms with Gasteiger partial charge in [-0.25, -0.2) is 13.2 Å². The first-order valence-corrected chi connectivity index (χ1v) is 9.06. The molecule has 6 nitrogen and oxygen atoms in total. The van der Waals surface area contributed by atoms with Gasteiger partial charge in [0, 0.05) is 25.0 Å². The van der Waals surface area contributed by atoms with Crippen LogP contribution >= 0.6 is 0 Å². The Labute approximate surface area is 145 Å². The minimum absolute atomic E-state index is 0.310. The molecule has 0 atom stereocenters. The molecule has 0 fully saturated rings. The Morgan fingerprint density at radius 3 is 2.58 bits per heavy atom. The van der Waals surface area contributed by atoms with Crippen LogP contribution in [0.15, 0.2) is 45.9 Å². The first-order chi connectivity index (χ1) is 12.1. The Morgan fingerprint density at radius 2 is 1.88 bits per heavy atom. The number of alkyl halides is 3. The number of aryl methyl sites for hydroxylation is 2. The number of aromatic nitrogens is 2. The van der Waals surface area contributed by atoms with Gasteiger partial charge in [0.05, 0.1) is 11.3 Å². The van der Waals surface area contributed by atoms with Crippen molar-refractivity contribution in [2.75, 3.05) is 5.75 Å². The highest BCUT2D eigenvalue weighted by Crippen LogP contribution is 2.26. The van der Waals surface area contributed by atoms with Crippen LogP contribution in [0.2, 0.25) is 0 Å². The first kappa shape index (κ1) is 18.2. The summed E-state index contributed by atoms with van der Waals surface area (Å²) >= 11 is 0. The molecule has 0 radical (unpaired) electrons. The highest BCUT2D eigenvalue weighted by Gasteiger charge is 2.44. The third-order valence-corrected chi connectivity index (χ3v) is 5.38. The second-order valence-corrected chi connectivity index (χ2v) is 7.81. The summed E-state index contributed by atoms with van der Waals surface area (Å²) in [5.74, 6) is -1.56. The zero-order valence-electron chi connectivity index (χ0n) is 13.4. The minimum Gasteiger partial charge on any atom is -0.408 e. The van der Waals surface area contributed by atoms with Gasteiger partial charge >= 0.3 is 11.3 Å². The lowest BCUT2D eigenvalue weighted by molar-refractivity contribution is -0.0435. The summed E-state index contributed by atoms with van der Waals surface area (Å²) in [5.41, 5.74) is -2.70. The summed E-state index contributed by atoms with van der Waals surface area (Å²) in [5, 5.41) is 0. The van der Waals surface area contributed by atoms with Gasteiger partial charge in [-0.1, -0.05) is 6.07 Å². The fourth-order valence-electron chi connectivity index (χ4n) is 2.46. The van der Waals surface area contributed by atoms with Gasteiger partial charge in [-0.05, 0) is 35.7 Å². The summed E-state index contributed by atoms with van der Waals surface area (Å²) in [4.78, 5) is 15.5. The second-order valence-electron chi connectivity index (χ2n) is 5.71. The highest BCUT2D eigenvalue weighted by atomic mass is 32.2. The molecule has 3 aromatic rings. The molecule has 0 saturated carbocycles. The number of benzene rings is 1. The highest BCUT2D eigenvalue weighted by molar-refractivity contribution is 7.92. The lowest BCUT2D eigenvalue weighted by Gasteiger charge is -2.08. The van der Waals surface area contributed by atoms with E-state index in [2.05, 4.69) is 4.98 Å². The average Bonchev–Trinajstić information content (AvgIpc) is 2.86. The summed E-state index contributed by atoms with van der Waals surface area (Å²) in [7, 11) is -3.63.